The van der Waals surface area contributed by atoms with Crippen LogP contribution in [-0.2, 0) is 11.7 Å². The minimum Gasteiger partial charge on any atom is -0.472 e. The highest BCUT2D eigenvalue weighted by Gasteiger charge is 2.28. The monoisotopic (exact) mass is 539 g/mol. The third kappa shape index (κ3) is 8.17. The smallest absolute Gasteiger partial charge is 0.434 e. The largest absolute Gasteiger partial charge is 0.472 e. The predicted molar refractivity (Wildman–Crippen MR) is 129 cm³/mol. The number of rotatable bonds is 9. The number of nitro groups is 1. The van der Waals surface area contributed by atoms with Crippen molar-refractivity contribution in [1.82, 2.24) is 19.6 Å². The second kappa shape index (κ2) is 14.7. The first-order valence-electron chi connectivity index (χ1n) is 9.51. The van der Waals surface area contributed by atoms with Crippen LogP contribution < -0.4 is 4.74 Å². The van der Waals surface area contributed by atoms with Gasteiger partial charge in [-0.3, -0.25) is 14.8 Å². The van der Waals surface area contributed by atoms with Crippen molar-refractivity contribution in [3.05, 3.63) is 27.6 Å². The van der Waals surface area contributed by atoms with Crippen LogP contribution in [0, 0.1) is 24.0 Å². The fourth-order valence-corrected chi connectivity index (χ4v) is 3.63. The molecule has 0 saturated carbocycles. The van der Waals surface area contributed by atoms with E-state index >= 15 is 0 Å². The van der Waals surface area contributed by atoms with Crippen LogP contribution in [0.5, 0.6) is 5.88 Å². The molecule has 164 valence electrons. The molecule has 0 aliphatic rings. The Morgan fingerprint density at radius 3 is 2.38 bits per heavy atom. The molecule has 12 heteroatoms. The number of halogens is 1. The highest BCUT2D eigenvalue weighted by molar-refractivity contribution is 14.1. The molecule has 0 aromatic carbocycles. The first-order valence-corrected chi connectivity index (χ1v) is 11.8. The summed E-state index contributed by atoms with van der Waals surface area (Å²) in [5.74, 6) is 1.51. The SMILES string of the molecule is CC.CC.COB(I)SCCCOc1nn(-c2cc(C)nn2C)c(C)c1[N+](=O)[O-]. The summed E-state index contributed by atoms with van der Waals surface area (Å²) in [6, 6.07) is 1.81. The zero-order valence-corrected chi connectivity index (χ0v) is 21.4. The number of aromatic nitrogens is 4. The maximum absolute atomic E-state index is 11.4. The van der Waals surface area contributed by atoms with Crippen molar-refractivity contribution in [2.24, 2.45) is 7.05 Å². The molecule has 0 aliphatic carbocycles. The zero-order valence-electron chi connectivity index (χ0n) is 18.4. The predicted octanol–water partition coefficient (Wildman–Crippen LogP) is 4.75. The van der Waals surface area contributed by atoms with Crippen LogP contribution in [-0.4, -0.2) is 48.0 Å². The van der Waals surface area contributed by atoms with Crippen LogP contribution in [0.2, 0.25) is 0 Å². The lowest BCUT2D eigenvalue weighted by atomic mass is 10.4. The Hall–Kier alpha value is -1.28. The zero-order chi connectivity index (χ0) is 22.6. The summed E-state index contributed by atoms with van der Waals surface area (Å²) >= 11 is 3.83. The average molecular weight is 539 g/mol. The Balaban J connectivity index is 0.00000184. The Morgan fingerprint density at radius 2 is 1.90 bits per heavy atom. The molecule has 0 radical (unpaired) electrons. The normalized spacial score (nSPS) is 9.83. The van der Waals surface area contributed by atoms with Crippen molar-refractivity contribution in [3.63, 3.8) is 0 Å². The Labute approximate surface area is 190 Å². The van der Waals surface area contributed by atoms with Gasteiger partial charge in [0, 0.05) is 20.2 Å². The molecule has 0 atom stereocenters. The molecule has 2 aromatic rings. The quantitative estimate of drug-likeness (QED) is 0.149. The number of aryl methyl sites for hydroxylation is 2. The summed E-state index contributed by atoms with van der Waals surface area (Å²) < 4.78 is 13.9. The molecule has 0 bridgehead atoms. The van der Waals surface area contributed by atoms with Gasteiger partial charge in [-0.2, -0.15) is 16.7 Å². The molecule has 0 amide bonds. The number of hydrogen-bond donors (Lipinski definition) is 0. The number of ether oxygens (including phenoxy) is 1. The Morgan fingerprint density at radius 1 is 1.28 bits per heavy atom. The molecular formula is C17H31BIN5O4S. The summed E-state index contributed by atoms with van der Waals surface area (Å²) in [5, 5.41) is 20.0. The van der Waals surface area contributed by atoms with Gasteiger partial charge < -0.3 is 9.39 Å². The van der Waals surface area contributed by atoms with Crippen LogP contribution in [0.15, 0.2) is 6.07 Å². The van der Waals surface area contributed by atoms with E-state index in [1.807, 2.05) is 40.7 Å². The van der Waals surface area contributed by atoms with Crippen molar-refractivity contribution in [2.45, 2.75) is 48.0 Å². The third-order valence-corrected chi connectivity index (χ3v) is 5.96. The van der Waals surface area contributed by atoms with Gasteiger partial charge in [0.1, 0.15) is 5.69 Å². The van der Waals surface area contributed by atoms with Crippen molar-refractivity contribution in [1.29, 1.82) is 0 Å². The van der Waals surface area contributed by atoms with Gasteiger partial charge in [-0.05, 0) is 26.0 Å². The molecule has 9 nitrogen and oxygen atoms in total. The summed E-state index contributed by atoms with van der Waals surface area (Å²) in [5.41, 5.74) is 1.10. The second-order valence-corrected chi connectivity index (χ2v) is 8.40. The minimum absolute atomic E-state index is 0.0316. The van der Waals surface area contributed by atoms with E-state index in [2.05, 4.69) is 32.6 Å². The summed E-state index contributed by atoms with van der Waals surface area (Å²) in [6.07, 6.45) is 0.738. The van der Waals surface area contributed by atoms with E-state index < -0.39 is 4.92 Å². The Bertz CT molecular complexity index is 757. The lowest BCUT2D eigenvalue weighted by Crippen LogP contribution is -2.07. The summed E-state index contributed by atoms with van der Waals surface area (Å²) in [4.78, 5) is 11.0. The second-order valence-electron chi connectivity index (χ2n) is 5.26. The van der Waals surface area contributed by atoms with E-state index in [1.54, 1.807) is 37.4 Å². The van der Waals surface area contributed by atoms with Crippen LogP contribution in [0.4, 0.5) is 5.69 Å². The Kier molecular flexibility index (Phi) is 14.0. The average Bonchev–Trinajstić information content (AvgIpc) is 3.22. The number of hydrogen-bond acceptors (Lipinski definition) is 7. The van der Waals surface area contributed by atoms with Crippen LogP contribution in [0.25, 0.3) is 5.82 Å². The van der Waals surface area contributed by atoms with Crippen LogP contribution >= 0.6 is 34.0 Å². The maximum atomic E-state index is 11.4. The van der Waals surface area contributed by atoms with E-state index in [4.69, 9.17) is 9.39 Å². The van der Waals surface area contributed by atoms with Gasteiger partial charge in [-0.15, -0.1) is 5.10 Å². The molecule has 2 aromatic heterocycles. The van der Waals surface area contributed by atoms with E-state index in [0.717, 1.165) is 17.9 Å². The van der Waals surface area contributed by atoms with Crippen molar-refractivity contribution >= 4 is 43.7 Å². The third-order valence-electron chi connectivity index (χ3n) is 3.39. The van der Waals surface area contributed by atoms with Gasteiger partial charge in [-0.25, -0.2) is 4.68 Å². The molecule has 2 rings (SSSR count). The van der Waals surface area contributed by atoms with Gasteiger partial charge in [0.2, 0.25) is 0 Å². The van der Waals surface area contributed by atoms with E-state index in [1.165, 1.54) is 4.68 Å². The molecule has 0 fully saturated rings. The molecule has 0 spiro atoms. The fourth-order valence-electron chi connectivity index (χ4n) is 2.27. The standard InChI is InChI=1S/C13H19BIN5O4S.2C2H6/c1-9-8-11(18(3)16-9)19-10(2)12(20(21)22)13(17-19)24-6-5-7-25-14(15)23-4;2*1-2/h8H,5-7H2,1-4H3;2*1-2H3. The molecule has 0 saturated heterocycles. The molecule has 29 heavy (non-hydrogen) atoms. The fraction of sp³-hybridized carbons (Fsp3) is 0.647. The van der Waals surface area contributed by atoms with Gasteiger partial charge in [0.05, 0.1) is 17.2 Å². The molecule has 0 N–H and O–H groups in total. The van der Waals surface area contributed by atoms with Crippen molar-refractivity contribution in [2.75, 3.05) is 19.5 Å². The lowest BCUT2D eigenvalue weighted by molar-refractivity contribution is -0.386. The molecule has 0 unspecified atom stereocenters. The number of nitrogens with zero attached hydrogens (tertiary/aromatic N) is 5. The van der Waals surface area contributed by atoms with Crippen LogP contribution in [0.3, 0.4) is 0 Å². The van der Waals surface area contributed by atoms with Crippen LogP contribution in [0.1, 0.15) is 45.5 Å². The van der Waals surface area contributed by atoms with Gasteiger partial charge in [0.25, 0.3) is 0 Å². The molecule has 0 aliphatic heterocycles. The lowest BCUT2D eigenvalue weighted by Gasteiger charge is -2.04. The first kappa shape index (κ1) is 27.7. The highest BCUT2D eigenvalue weighted by Crippen LogP contribution is 2.31. The van der Waals surface area contributed by atoms with E-state index in [-0.39, 0.29) is 15.6 Å². The topological polar surface area (TPSA) is 97.2 Å². The summed E-state index contributed by atoms with van der Waals surface area (Å²) in [6.45, 7) is 11.9. The van der Waals surface area contributed by atoms with E-state index in [9.17, 15) is 10.1 Å². The molecular weight excluding hydrogens is 508 g/mol. The maximum Gasteiger partial charge on any atom is 0.434 e. The van der Waals surface area contributed by atoms with Crippen molar-refractivity contribution in [3.8, 4) is 11.7 Å². The minimum atomic E-state index is -0.460. The highest BCUT2D eigenvalue weighted by atomic mass is 127. The van der Waals surface area contributed by atoms with E-state index in [0.29, 0.717) is 18.1 Å². The van der Waals surface area contributed by atoms with Gasteiger partial charge >= 0.3 is 15.6 Å². The van der Waals surface area contributed by atoms with Crippen molar-refractivity contribution < 1.29 is 14.3 Å². The molecule has 2 heterocycles. The van der Waals surface area contributed by atoms with Gasteiger partial charge in [0.15, 0.2) is 5.82 Å². The van der Waals surface area contributed by atoms with Gasteiger partial charge in [-0.1, -0.05) is 50.1 Å². The summed E-state index contributed by atoms with van der Waals surface area (Å²) in [7, 11) is 3.42. The first-order chi connectivity index (χ1) is 13.8.